The molecule has 0 bridgehead atoms. The maximum atomic E-state index is 14.6. The standard InChI is InChI=1S/C39H39N3O6/c1-25-18-33(21-36(44)41-23-29-11-7-6-10-28(29)19-31(41)24-43)48-39(25)34-20-30(40-37(45)27-12-15-32(47-2)16-13-27)14-17-35(34)42(38(39)46)22-26-8-4-3-5-9-26/h3-17,20,25,31,33,43H,18-19,21-24H2,1-2H3,(H,40,45)/t25-,31-,33-,39+/m0/s1. The Kier molecular flexibility index (Phi) is 8.49. The zero-order valence-electron chi connectivity index (χ0n) is 27.1. The Morgan fingerprint density at radius 2 is 1.71 bits per heavy atom. The monoisotopic (exact) mass is 645 g/mol. The molecule has 0 unspecified atom stereocenters. The maximum Gasteiger partial charge on any atom is 0.264 e. The molecule has 9 nitrogen and oxygen atoms in total. The van der Waals surface area contributed by atoms with Crippen molar-refractivity contribution in [1.29, 1.82) is 0 Å². The molecule has 0 aliphatic carbocycles. The van der Waals surface area contributed by atoms with Gasteiger partial charge in [0.1, 0.15) is 5.75 Å². The van der Waals surface area contributed by atoms with E-state index in [2.05, 4.69) is 5.32 Å². The predicted octanol–water partition coefficient (Wildman–Crippen LogP) is 5.45. The summed E-state index contributed by atoms with van der Waals surface area (Å²) in [7, 11) is 1.57. The van der Waals surface area contributed by atoms with Gasteiger partial charge in [-0.15, -0.1) is 0 Å². The second kappa shape index (κ2) is 12.9. The molecule has 2 N–H and O–H groups in total. The number of carbonyl (C=O) groups excluding carboxylic acids is 3. The third-order valence-electron chi connectivity index (χ3n) is 10.00. The van der Waals surface area contributed by atoms with Gasteiger partial charge in [-0.25, -0.2) is 0 Å². The topological polar surface area (TPSA) is 108 Å². The van der Waals surface area contributed by atoms with Crippen LogP contribution in [0.2, 0.25) is 0 Å². The molecule has 4 atom stereocenters. The number of amides is 3. The van der Waals surface area contributed by atoms with Crippen LogP contribution in [0.5, 0.6) is 5.75 Å². The van der Waals surface area contributed by atoms with Crippen LogP contribution in [0.25, 0.3) is 0 Å². The number of nitrogens with zero attached hydrogens (tertiary/aromatic N) is 2. The highest BCUT2D eigenvalue weighted by molar-refractivity contribution is 6.09. The molecule has 4 aromatic rings. The third kappa shape index (κ3) is 5.63. The quantitative estimate of drug-likeness (QED) is 0.264. The summed E-state index contributed by atoms with van der Waals surface area (Å²) < 4.78 is 12.0. The fourth-order valence-electron chi connectivity index (χ4n) is 7.50. The molecular weight excluding hydrogens is 606 g/mol. The van der Waals surface area contributed by atoms with Crippen molar-refractivity contribution < 1.29 is 29.0 Å². The van der Waals surface area contributed by atoms with Gasteiger partial charge in [-0.1, -0.05) is 61.5 Å². The van der Waals surface area contributed by atoms with Crippen molar-refractivity contribution in [3.05, 3.63) is 125 Å². The van der Waals surface area contributed by atoms with Crippen molar-refractivity contribution in [1.82, 2.24) is 4.90 Å². The number of nitrogens with one attached hydrogen (secondary N) is 1. The van der Waals surface area contributed by atoms with Crippen molar-refractivity contribution >= 4 is 29.1 Å². The van der Waals surface area contributed by atoms with Crippen LogP contribution in [-0.4, -0.2) is 53.6 Å². The SMILES string of the molecule is COc1ccc(C(=O)Nc2ccc3c(c2)[C@@]2(O[C@H](CC(=O)N4Cc5ccccc5C[C@H]4CO)C[C@@H]2C)C(=O)N3Cc2ccccc2)cc1. The normalized spacial score (nSPS) is 22.8. The van der Waals surface area contributed by atoms with E-state index in [0.717, 1.165) is 22.4 Å². The number of carbonyl (C=O) groups is 3. The molecule has 1 fully saturated rings. The lowest BCUT2D eigenvalue weighted by atomic mass is 9.82. The van der Waals surface area contributed by atoms with E-state index in [1.165, 1.54) is 0 Å². The largest absolute Gasteiger partial charge is 0.497 e. The highest BCUT2D eigenvalue weighted by Gasteiger charge is 2.60. The zero-order chi connectivity index (χ0) is 33.4. The number of anilines is 2. The van der Waals surface area contributed by atoms with Crippen LogP contribution >= 0.6 is 0 Å². The second-order valence-electron chi connectivity index (χ2n) is 12.9. The first-order valence-corrected chi connectivity index (χ1v) is 16.4. The van der Waals surface area contributed by atoms with Crippen LogP contribution in [0, 0.1) is 5.92 Å². The average molecular weight is 646 g/mol. The van der Waals surface area contributed by atoms with Gasteiger partial charge in [0.15, 0.2) is 5.60 Å². The lowest BCUT2D eigenvalue weighted by molar-refractivity contribution is -0.151. The minimum Gasteiger partial charge on any atom is -0.497 e. The summed E-state index contributed by atoms with van der Waals surface area (Å²) in [6, 6.07) is 29.8. The van der Waals surface area contributed by atoms with Crippen molar-refractivity contribution in [2.45, 2.75) is 57.0 Å². The van der Waals surface area contributed by atoms with E-state index in [1.54, 1.807) is 47.2 Å². The minimum atomic E-state index is -1.32. The number of methoxy groups -OCH3 is 1. The van der Waals surface area contributed by atoms with Crippen LogP contribution in [0.15, 0.2) is 97.1 Å². The average Bonchev–Trinajstić information content (AvgIpc) is 3.56. The maximum absolute atomic E-state index is 14.6. The molecule has 1 saturated heterocycles. The van der Waals surface area contributed by atoms with Gasteiger partial charge in [-0.2, -0.15) is 0 Å². The van der Waals surface area contributed by atoms with E-state index >= 15 is 0 Å². The lowest BCUT2D eigenvalue weighted by Crippen LogP contribution is -2.47. The minimum absolute atomic E-state index is 0.0972. The van der Waals surface area contributed by atoms with E-state index < -0.39 is 11.7 Å². The first kappa shape index (κ1) is 31.6. The number of ether oxygens (including phenoxy) is 2. The number of hydrogen-bond acceptors (Lipinski definition) is 6. The van der Waals surface area contributed by atoms with Crippen LogP contribution in [0.3, 0.4) is 0 Å². The van der Waals surface area contributed by atoms with E-state index in [0.29, 0.717) is 48.5 Å². The molecule has 0 aromatic heterocycles. The molecule has 0 saturated carbocycles. The van der Waals surface area contributed by atoms with Crippen molar-refractivity contribution in [2.75, 3.05) is 23.9 Å². The molecular formula is C39H39N3O6. The van der Waals surface area contributed by atoms with Gasteiger partial charge in [0.05, 0.1) is 44.5 Å². The Balaban J connectivity index is 1.17. The summed E-state index contributed by atoms with van der Waals surface area (Å²) in [5, 5.41) is 13.2. The van der Waals surface area contributed by atoms with Crippen LogP contribution < -0.4 is 15.0 Å². The van der Waals surface area contributed by atoms with Crippen LogP contribution in [0.1, 0.15) is 52.4 Å². The molecule has 3 aliphatic heterocycles. The fraction of sp³-hybridized carbons (Fsp3) is 0.308. The fourth-order valence-corrected chi connectivity index (χ4v) is 7.50. The number of aliphatic hydroxyl groups is 1. The summed E-state index contributed by atoms with van der Waals surface area (Å²) in [4.78, 5) is 45.1. The number of hydrogen-bond donors (Lipinski definition) is 2. The summed E-state index contributed by atoms with van der Waals surface area (Å²) >= 11 is 0. The lowest BCUT2D eigenvalue weighted by Gasteiger charge is -2.36. The van der Waals surface area contributed by atoms with E-state index in [-0.39, 0.29) is 42.7 Å². The van der Waals surface area contributed by atoms with Crippen molar-refractivity contribution in [2.24, 2.45) is 5.92 Å². The predicted molar refractivity (Wildman–Crippen MR) is 182 cm³/mol. The Morgan fingerprint density at radius 3 is 2.44 bits per heavy atom. The zero-order valence-corrected chi connectivity index (χ0v) is 27.1. The van der Waals surface area contributed by atoms with Gasteiger partial charge in [-0.3, -0.25) is 14.4 Å². The number of rotatable bonds is 8. The molecule has 48 heavy (non-hydrogen) atoms. The molecule has 1 spiro atoms. The Hall–Kier alpha value is -4.99. The first-order valence-electron chi connectivity index (χ1n) is 16.4. The van der Waals surface area contributed by atoms with Gasteiger partial charge in [0.2, 0.25) is 5.91 Å². The summed E-state index contributed by atoms with van der Waals surface area (Å²) in [5.41, 5.74) is 4.29. The summed E-state index contributed by atoms with van der Waals surface area (Å²) in [6.07, 6.45) is 0.692. The molecule has 0 radical (unpaired) electrons. The van der Waals surface area contributed by atoms with Gasteiger partial charge in [0.25, 0.3) is 11.8 Å². The summed E-state index contributed by atoms with van der Waals surface area (Å²) in [6.45, 7) is 2.65. The van der Waals surface area contributed by atoms with E-state index in [4.69, 9.17) is 9.47 Å². The van der Waals surface area contributed by atoms with Gasteiger partial charge >= 0.3 is 0 Å². The van der Waals surface area contributed by atoms with Gasteiger partial charge in [0, 0.05) is 29.3 Å². The molecule has 3 aliphatic rings. The van der Waals surface area contributed by atoms with Crippen molar-refractivity contribution in [3.8, 4) is 5.75 Å². The molecule has 246 valence electrons. The smallest absolute Gasteiger partial charge is 0.264 e. The summed E-state index contributed by atoms with van der Waals surface area (Å²) in [5.74, 6) is -0.166. The molecule has 4 aromatic carbocycles. The van der Waals surface area contributed by atoms with Crippen LogP contribution in [0.4, 0.5) is 11.4 Å². The number of aliphatic hydroxyl groups excluding tert-OH is 1. The van der Waals surface area contributed by atoms with Crippen molar-refractivity contribution in [3.63, 3.8) is 0 Å². The van der Waals surface area contributed by atoms with Gasteiger partial charge < -0.3 is 29.7 Å². The second-order valence-corrected chi connectivity index (χ2v) is 12.9. The van der Waals surface area contributed by atoms with Gasteiger partial charge in [-0.05, 0) is 72.0 Å². The van der Waals surface area contributed by atoms with E-state index in [9.17, 15) is 19.5 Å². The molecule has 9 heteroatoms. The Bertz CT molecular complexity index is 1840. The molecule has 3 amide bonds. The highest BCUT2D eigenvalue weighted by atomic mass is 16.5. The molecule has 3 heterocycles. The first-order chi connectivity index (χ1) is 23.3. The highest BCUT2D eigenvalue weighted by Crippen LogP contribution is 2.54. The third-order valence-corrected chi connectivity index (χ3v) is 10.00. The van der Waals surface area contributed by atoms with Crippen LogP contribution in [-0.2, 0) is 39.4 Å². The Labute approximate surface area is 280 Å². The van der Waals surface area contributed by atoms with E-state index in [1.807, 2.05) is 73.7 Å². The number of fused-ring (bicyclic) bond motifs is 3. The Morgan fingerprint density at radius 1 is 0.979 bits per heavy atom. The molecule has 7 rings (SSSR count). The number of benzene rings is 4.